The highest BCUT2D eigenvalue weighted by Crippen LogP contribution is 2.94. The molecule has 0 aromatic heterocycles. The SMILES string of the molecule is N#CC(C#N)=C1C2C3C2C2C1C32. The van der Waals surface area contributed by atoms with Gasteiger partial charge >= 0.3 is 0 Å². The van der Waals surface area contributed by atoms with Crippen LogP contribution in [-0.2, 0) is 0 Å². The van der Waals surface area contributed by atoms with E-state index in [9.17, 15) is 0 Å². The number of nitrogens with zero attached hydrogens (tertiary/aromatic N) is 2. The van der Waals surface area contributed by atoms with Gasteiger partial charge in [0.2, 0.25) is 0 Å². The van der Waals surface area contributed by atoms with Gasteiger partial charge in [0.1, 0.15) is 17.7 Å². The third kappa shape index (κ3) is 0.285. The largest absolute Gasteiger partial charge is 0.192 e. The van der Waals surface area contributed by atoms with Gasteiger partial charge in [-0.05, 0) is 41.1 Å². The summed E-state index contributed by atoms with van der Waals surface area (Å²) in [4.78, 5) is 0. The number of nitriles is 2. The molecule has 0 atom stereocenters. The molecule has 0 aliphatic heterocycles. The molecule has 2 heteroatoms. The standard InChI is InChI=1S/C10H6N2/c11-1-3(2-12)4-5-7-8(5)10-6(4)9(7)10/h5-10H. The Balaban J connectivity index is 1.94. The quantitative estimate of drug-likeness (QED) is 0.490. The van der Waals surface area contributed by atoms with Crippen LogP contribution < -0.4 is 0 Å². The van der Waals surface area contributed by atoms with Crippen molar-refractivity contribution in [1.29, 1.82) is 10.5 Å². The molecule has 2 nitrogen and oxygen atoms in total. The molecule has 0 N–H and O–H groups in total. The molecule has 0 aromatic carbocycles. The molecule has 0 aromatic rings. The summed E-state index contributed by atoms with van der Waals surface area (Å²) >= 11 is 0. The second-order valence-electron chi connectivity index (χ2n) is 4.41. The van der Waals surface area contributed by atoms with E-state index in [0.717, 1.165) is 23.7 Å². The molecule has 0 spiro atoms. The average molecular weight is 154 g/mol. The molecule has 5 aliphatic carbocycles. The number of hydrogen-bond acceptors (Lipinski definition) is 2. The summed E-state index contributed by atoms with van der Waals surface area (Å²) in [7, 11) is 0. The first-order valence-electron chi connectivity index (χ1n) is 4.44. The molecule has 5 saturated carbocycles. The zero-order valence-corrected chi connectivity index (χ0v) is 6.36. The Morgan fingerprint density at radius 2 is 1.33 bits per heavy atom. The van der Waals surface area contributed by atoms with Gasteiger partial charge in [-0.15, -0.1) is 0 Å². The number of allylic oxidation sites excluding steroid dienone is 2. The first-order valence-corrected chi connectivity index (χ1v) is 4.44. The zero-order valence-electron chi connectivity index (χ0n) is 6.36. The highest BCUT2D eigenvalue weighted by atomic mass is 14.9. The van der Waals surface area contributed by atoms with Gasteiger partial charge in [-0.1, -0.05) is 0 Å². The van der Waals surface area contributed by atoms with Gasteiger partial charge in [0, 0.05) is 0 Å². The second-order valence-corrected chi connectivity index (χ2v) is 4.41. The summed E-state index contributed by atoms with van der Waals surface area (Å²) in [5, 5.41) is 17.5. The van der Waals surface area contributed by atoms with E-state index in [-0.39, 0.29) is 0 Å². The van der Waals surface area contributed by atoms with Crippen molar-refractivity contribution >= 4 is 0 Å². The fourth-order valence-corrected chi connectivity index (χ4v) is 4.10. The van der Waals surface area contributed by atoms with E-state index in [0.29, 0.717) is 17.4 Å². The van der Waals surface area contributed by atoms with Gasteiger partial charge in [0.25, 0.3) is 0 Å². The molecular weight excluding hydrogens is 148 g/mol. The third-order valence-corrected chi connectivity index (χ3v) is 4.39. The second kappa shape index (κ2) is 1.21. The Bertz CT molecular complexity index is 358. The molecule has 12 heavy (non-hydrogen) atoms. The summed E-state index contributed by atoms with van der Waals surface area (Å²) in [6.45, 7) is 0. The number of hydrogen-bond donors (Lipinski definition) is 0. The van der Waals surface area contributed by atoms with E-state index >= 15 is 0 Å². The maximum Gasteiger partial charge on any atom is 0.129 e. The van der Waals surface area contributed by atoms with Crippen molar-refractivity contribution in [3.05, 3.63) is 11.1 Å². The van der Waals surface area contributed by atoms with Crippen molar-refractivity contribution in [3.63, 3.8) is 0 Å². The monoisotopic (exact) mass is 154 g/mol. The van der Waals surface area contributed by atoms with E-state index in [4.69, 9.17) is 10.5 Å². The van der Waals surface area contributed by atoms with Gasteiger partial charge < -0.3 is 0 Å². The van der Waals surface area contributed by atoms with Gasteiger partial charge in [-0.3, -0.25) is 0 Å². The van der Waals surface area contributed by atoms with Gasteiger partial charge in [-0.25, -0.2) is 0 Å². The van der Waals surface area contributed by atoms with E-state index in [1.54, 1.807) is 0 Å². The van der Waals surface area contributed by atoms with E-state index in [2.05, 4.69) is 0 Å². The molecule has 0 unspecified atom stereocenters. The lowest BCUT2D eigenvalue weighted by Gasteiger charge is -2.03. The Morgan fingerprint density at radius 3 is 1.67 bits per heavy atom. The zero-order chi connectivity index (χ0) is 8.03. The lowest BCUT2D eigenvalue weighted by molar-refractivity contribution is 0.434. The van der Waals surface area contributed by atoms with Crippen LogP contribution in [0.2, 0.25) is 0 Å². The minimum Gasteiger partial charge on any atom is -0.192 e. The summed E-state index contributed by atoms with van der Waals surface area (Å²) in [6.07, 6.45) is 0. The minimum atomic E-state index is 0.444. The molecule has 5 aliphatic rings. The Morgan fingerprint density at radius 1 is 0.917 bits per heavy atom. The van der Waals surface area contributed by atoms with E-state index in [1.807, 2.05) is 12.1 Å². The normalized spacial score (nSPS) is 59.3. The first-order chi connectivity index (χ1) is 5.90. The predicted molar refractivity (Wildman–Crippen MR) is 39.2 cm³/mol. The van der Waals surface area contributed by atoms with Crippen molar-refractivity contribution < 1.29 is 0 Å². The molecule has 0 heterocycles. The smallest absolute Gasteiger partial charge is 0.129 e. The van der Waals surface area contributed by atoms with Crippen LogP contribution in [0.25, 0.3) is 0 Å². The van der Waals surface area contributed by atoms with Crippen LogP contribution in [0.5, 0.6) is 0 Å². The molecule has 56 valence electrons. The summed E-state index contributed by atoms with van der Waals surface area (Å²) in [6, 6.07) is 4.08. The van der Waals surface area contributed by atoms with Crippen LogP contribution in [0, 0.1) is 58.2 Å². The van der Waals surface area contributed by atoms with Crippen LogP contribution in [0.1, 0.15) is 0 Å². The minimum absolute atomic E-state index is 0.444. The van der Waals surface area contributed by atoms with Crippen molar-refractivity contribution in [1.82, 2.24) is 0 Å². The van der Waals surface area contributed by atoms with Crippen molar-refractivity contribution in [2.75, 3.05) is 0 Å². The fraction of sp³-hybridized carbons (Fsp3) is 0.600. The van der Waals surface area contributed by atoms with Crippen LogP contribution in [-0.4, -0.2) is 0 Å². The summed E-state index contributed by atoms with van der Waals surface area (Å²) < 4.78 is 0. The maximum atomic E-state index is 8.74. The number of rotatable bonds is 0. The predicted octanol–water partition coefficient (Wildman–Crippen LogP) is 1.08. The van der Waals surface area contributed by atoms with E-state index in [1.165, 1.54) is 5.57 Å². The van der Waals surface area contributed by atoms with Crippen LogP contribution in [0.4, 0.5) is 0 Å². The topological polar surface area (TPSA) is 47.6 Å². The summed E-state index contributed by atoms with van der Waals surface area (Å²) in [5.41, 5.74) is 1.70. The van der Waals surface area contributed by atoms with E-state index < -0.39 is 0 Å². The third-order valence-electron chi connectivity index (χ3n) is 4.39. The molecule has 0 radical (unpaired) electrons. The molecular formula is C10H6N2. The molecule has 5 rings (SSSR count). The Labute approximate surface area is 70.1 Å². The first kappa shape index (κ1) is 5.38. The van der Waals surface area contributed by atoms with Crippen LogP contribution in [0.3, 0.4) is 0 Å². The maximum absolute atomic E-state index is 8.74. The average Bonchev–Trinajstić information content (AvgIpc) is 2.76. The van der Waals surface area contributed by atoms with Crippen molar-refractivity contribution in [3.8, 4) is 12.1 Å². The lowest BCUT2D eigenvalue weighted by atomic mass is 10.0. The van der Waals surface area contributed by atoms with Gasteiger partial charge in [0.05, 0.1) is 0 Å². The molecule has 0 saturated heterocycles. The Kier molecular flexibility index (Phi) is 0.542. The van der Waals surface area contributed by atoms with Crippen LogP contribution in [0.15, 0.2) is 11.1 Å². The van der Waals surface area contributed by atoms with Gasteiger partial charge in [-0.2, -0.15) is 10.5 Å². The molecule has 5 fully saturated rings. The van der Waals surface area contributed by atoms with Crippen molar-refractivity contribution in [2.45, 2.75) is 0 Å². The fourth-order valence-electron chi connectivity index (χ4n) is 4.10. The molecule has 2 bridgehead atoms. The highest BCUT2D eigenvalue weighted by molar-refractivity contribution is 5.58. The Hall–Kier alpha value is -1.28. The highest BCUT2D eigenvalue weighted by Gasteiger charge is 2.90. The van der Waals surface area contributed by atoms with Gasteiger partial charge in [0.15, 0.2) is 0 Å². The lowest BCUT2D eigenvalue weighted by Crippen LogP contribution is -2.00. The van der Waals surface area contributed by atoms with Crippen LogP contribution >= 0.6 is 0 Å². The molecule has 0 amide bonds. The summed E-state index contributed by atoms with van der Waals surface area (Å²) in [5.74, 6) is 5.08. The van der Waals surface area contributed by atoms with Crippen molar-refractivity contribution in [2.24, 2.45) is 35.5 Å².